The van der Waals surface area contributed by atoms with Crippen LogP contribution < -0.4 is 4.90 Å². The van der Waals surface area contributed by atoms with E-state index in [0.717, 1.165) is 12.8 Å². The summed E-state index contributed by atoms with van der Waals surface area (Å²) >= 11 is 8.19. The van der Waals surface area contributed by atoms with Crippen molar-refractivity contribution in [2.75, 3.05) is 31.6 Å². The van der Waals surface area contributed by atoms with Gasteiger partial charge in [0.1, 0.15) is 6.04 Å². The number of carbonyl (C=O) groups excluding carboxylic acids is 3. The second-order valence-electron chi connectivity index (χ2n) is 11.3. The molecule has 0 saturated carbocycles. The van der Waals surface area contributed by atoms with E-state index in [0.29, 0.717) is 23.7 Å². The van der Waals surface area contributed by atoms with Gasteiger partial charge in [-0.3, -0.25) is 14.4 Å². The predicted octanol–water partition coefficient (Wildman–Crippen LogP) is 4.39. The lowest BCUT2D eigenvalue weighted by atomic mass is 9.66. The van der Waals surface area contributed by atoms with Gasteiger partial charge in [-0.05, 0) is 37.8 Å². The van der Waals surface area contributed by atoms with Crippen LogP contribution in [0.2, 0.25) is 5.02 Å². The minimum Gasteiger partial charge on any atom is -0.394 e. The highest BCUT2D eigenvalue weighted by Crippen LogP contribution is 2.72. The topological polar surface area (TPSA) is 81.2 Å². The molecule has 4 rings (SSSR count). The Morgan fingerprint density at radius 3 is 2.49 bits per heavy atom. The molecule has 1 aromatic carbocycles. The lowest BCUT2D eigenvalue weighted by molar-refractivity contribution is -0.146. The van der Waals surface area contributed by atoms with Crippen molar-refractivity contribution in [1.82, 2.24) is 9.80 Å². The molecule has 7 atom stereocenters. The van der Waals surface area contributed by atoms with Crippen molar-refractivity contribution < 1.29 is 19.5 Å². The van der Waals surface area contributed by atoms with Gasteiger partial charge in [0.05, 0.1) is 39.9 Å². The largest absolute Gasteiger partial charge is 0.394 e. The van der Waals surface area contributed by atoms with Gasteiger partial charge in [0.2, 0.25) is 11.8 Å². The van der Waals surface area contributed by atoms with E-state index < -0.39 is 33.4 Å². The van der Waals surface area contributed by atoms with E-state index in [4.69, 9.17) is 11.6 Å². The van der Waals surface area contributed by atoms with Crippen LogP contribution in [0.25, 0.3) is 0 Å². The molecule has 39 heavy (non-hydrogen) atoms. The van der Waals surface area contributed by atoms with Crippen molar-refractivity contribution in [3.8, 4) is 0 Å². The number of thioether (sulfide) groups is 1. The smallest absolute Gasteiger partial charge is 0.251 e. The Morgan fingerprint density at radius 1 is 1.23 bits per heavy atom. The second kappa shape index (κ2) is 11.3. The van der Waals surface area contributed by atoms with Gasteiger partial charge in [-0.25, -0.2) is 0 Å². The van der Waals surface area contributed by atoms with Gasteiger partial charge in [0, 0.05) is 24.9 Å². The van der Waals surface area contributed by atoms with Crippen molar-refractivity contribution in [2.24, 2.45) is 17.8 Å². The van der Waals surface area contributed by atoms with E-state index in [1.54, 1.807) is 63.9 Å². The molecule has 2 bridgehead atoms. The van der Waals surface area contributed by atoms with Crippen LogP contribution in [0.5, 0.6) is 0 Å². The first kappa shape index (κ1) is 29.7. The van der Waals surface area contributed by atoms with Crippen LogP contribution in [0.1, 0.15) is 40.0 Å². The Morgan fingerprint density at radius 2 is 1.90 bits per heavy atom. The standard InChI is InChI=1S/C30H40ClN3O4S/c1-7-16-32(6)26(36)23-24-27(37)34(22(18-35)19(4)9-3)25(30(24)15-14-29(23,5)39-30)28(38)33(17-8-2)21-13-11-10-12-20(21)31/h7-8,10-13,19,22-25,35H,1-2,9,14-18H2,3-6H3/t19-,22-,23-,24-,25?,29+,30?/m0/s1. The minimum absolute atomic E-state index is 0.0481. The van der Waals surface area contributed by atoms with Crippen LogP contribution >= 0.6 is 23.4 Å². The molecule has 3 saturated heterocycles. The predicted molar refractivity (Wildman–Crippen MR) is 158 cm³/mol. The van der Waals surface area contributed by atoms with Crippen LogP contribution in [-0.2, 0) is 14.4 Å². The first-order chi connectivity index (χ1) is 18.5. The summed E-state index contributed by atoms with van der Waals surface area (Å²) in [5.41, 5.74) is 0.544. The molecule has 0 aromatic heterocycles. The quantitative estimate of drug-likeness (QED) is 0.397. The molecular formula is C30H40ClN3O4S. The number of hydrogen-bond donors (Lipinski definition) is 1. The van der Waals surface area contributed by atoms with E-state index in [-0.39, 0.29) is 36.8 Å². The SMILES string of the molecule is C=CCN(C)C(=O)[C@@H]1[C@H]2C(=O)N([C@@H](CO)[C@@H](C)CC)C(C(=O)N(CC=C)c3ccccc3Cl)C23CC[C@@]1(C)S3. The number of carbonyl (C=O) groups is 3. The van der Waals surface area contributed by atoms with Crippen LogP contribution in [-0.4, -0.2) is 80.9 Å². The highest BCUT2D eigenvalue weighted by atomic mass is 35.5. The summed E-state index contributed by atoms with van der Waals surface area (Å²) < 4.78 is -1.27. The monoisotopic (exact) mass is 573 g/mol. The fourth-order valence-electron chi connectivity index (χ4n) is 6.97. The average molecular weight is 574 g/mol. The zero-order valence-corrected chi connectivity index (χ0v) is 24.9. The van der Waals surface area contributed by atoms with E-state index in [9.17, 15) is 19.5 Å². The maximum absolute atomic E-state index is 14.7. The molecule has 1 spiro atoms. The molecule has 9 heteroatoms. The Kier molecular flexibility index (Phi) is 8.60. The number of para-hydroxylation sites is 1. The van der Waals surface area contributed by atoms with Crippen molar-refractivity contribution >= 4 is 46.8 Å². The molecule has 3 fully saturated rings. The van der Waals surface area contributed by atoms with Crippen molar-refractivity contribution in [1.29, 1.82) is 0 Å². The molecule has 7 nitrogen and oxygen atoms in total. The third-order valence-electron chi connectivity index (χ3n) is 9.06. The number of fused-ring (bicyclic) bond motifs is 1. The highest BCUT2D eigenvalue weighted by molar-refractivity contribution is 8.02. The van der Waals surface area contributed by atoms with Gasteiger partial charge in [0.15, 0.2) is 0 Å². The molecule has 1 N–H and O–H groups in total. The number of amides is 3. The van der Waals surface area contributed by atoms with Gasteiger partial charge in [-0.15, -0.1) is 24.9 Å². The number of likely N-dealkylation sites (tertiary alicyclic amines) is 1. The van der Waals surface area contributed by atoms with Crippen molar-refractivity contribution in [3.05, 3.63) is 54.6 Å². The molecule has 1 aromatic rings. The summed E-state index contributed by atoms with van der Waals surface area (Å²) in [6.45, 7) is 14.0. The molecule has 3 aliphatic heterocycles. The molecule has 0 aliphatic carbocycles. The van der Waals surface area contributed by atoms with Crippen LogP contribution in [0.4, 0.5) is 5.69 Å². The van der Waals surface area contributed by atoms with E-state index in [1.165, 1.54) is 0 Å². The number of halogens is 1. The van der Waals surface area contributed by atoms with Gasteiger partial charge in [-0.2, -0.15) is 0 Å². The molecule has 212 valence electrons. The molecule has 3 aliphatic rings. The van der Waals surface area contributed by atoms with E-state index in [2.05, 4.69) is 20.1 Å². The zero-order valence-electron chi connectivity index (χ0n) is 23.3. The average Bonchev–Trinajstić information content (AvgIpc) is 3.48. The number of aliphatic hydroxyl groups excluding tert-OH is 1. The van der Waals surface area contributed by atoms with Gasteiger partial charge < -0.3 is 19.8 Å². The Hall–Kier alpha value is -2.29. The first-order valence-electron chi connectivity index (χ1n) is 13.7. The number of rotatable bonds is 11. The zero-order chi connectivity index (χ0) is 28.7. The van der Waals surface area contributed by atoms with Gasteiger partial charge >= 0.3 is 0 Å². The lowest BCUT2D eigenvalue weighted by Gasteiger charge is -2.41. The third-order valence-corrected chi connectivity index (χ3v) is 11.4. The summed E-state index contributed by atoms with van der Waals surface area (Å²) in [5, 5.41) is 11.0. The van der Waals surface area contributed by atoms with Crippen LogP contribution in [0, 0.1) is 17.8 Å². The van der Waals surface area contributed by atoms with Crippen molar-refractivity contribution in [2.45, 2.75) is 61.6 Å². The van der Waals surface area contributed by atoms with E-state index in [1.807, 2.05) is 19.9 Å². The summed E-state index contributed by atoms with van der Waals surface area (Å²) in [6.07, 6.45) is 5.40. The summed E-state index contributed by atoms with van der Waals surface area (Å²) in [6, 6.07) is 5.73. The minimum atomic E-state index is -0.855. The fraction of sp³-hybridized carbons (Fsp3) is 0.567. The molecule has 2 unspecified atom stereocenters. The summed E-state index contributed by atoms with van der Waals surface area (Å²) in [7, 11) is 1.73. The third kappa shape index (κ3) is 4.62. The van der Waals surface area contributed by atoms with Crippen LogP contribution in [0.15, 0.2) is 49.6 Å². The van der Waals surface area contributed by atoms with Crippen LogP contribution in [0.3, 0.4) is 0 Å². The number of benzene rings is 1. The molecule has 3 amide bonds. The number of nitrogens with zero attached hydrogens (tertiary/aromatic N) is 3. The van der Waals surface area contributed by atoms with Gasteiger partial charge in [-0.1, -0.05) is 56.2 Å². The highest BCUT2D eigenvalue weighted by Gasteiger charge is 2.78. The Bertz CT molecular complexity index is 1160. The number of hydrogen-bond acceptors (Lipinski definition) is 5. The number of anilines is 1. The summed E-state index contributed by atoms with van der Waals surface area (Å²) in [4.78, 5) is 48.0. The normalized spacial score (nSPS) is 30.6. The lowest BCUT2D eigenvalue weighted by Crippen LogP contribution is -2.58. The number of likely N-dealkylation sites (N-methyl/N-ethyl adjacent to an activating group) is 1. The fourth-order valence-corrected chi connectivity index (χ4v) is 9.53. The molecule has 0 radical (unpaired) electrons. The number of aliphatic hydroxyl groups is 1. The Labute approximate surface area is 241 Å². The maximum Gasteiger partial charge on any atom is 0.251 e. The van der Waals surface area contributed by atoms with Crippen molar-refractivity contribution in [3.63, 3.8) is 0 Å². The summed E-state index contributed by atoms with van der Waals surface area (Å²) in [5.74, 6) is -1.86. The molecule has 3 heterocycles. The van der Waals surface area contributed by atoms with E-state index >= 15 is 0 Å². The molecular weight excluding hydrogens is 534 g/mol. The second-order valence-corrected chi connectivity index (χ2v) is 13.6. The first-order valence-corrected chi connectivity index (χ1v) is 14.9. The Balaban J connectivity index is 1.89. The maximum atomic E-state index is 14.7. The van der Waals surface area contributed by atoms with Gasteiger partial charge in [0.25, 0.3) is 5.91 Å².